The van der Waals surface area contributed by atoms with Crippen LogP contribution in [0.4, 0.5) is 5.69 Å². The minimum Gasteiger partial charge on any atom is -0.423 e. The van der Waals surface area contributed by atoms with Crippen molar-refractivity contribution in [1.29, 1.82) is 0 Å². The number of anilines is 1. The topological polar surface area (TPSA) is 68.2 Å². The van der Waals surface area contributed by atoms with Gasteiger partial charge in [-0.3, -0.25) is 0 Å². The second kappa shape index (κ2) is 5.15. The van der Waals surface area contributed by atoms with E-state index in [-0.39, 0.29) is 11.5 Å². The maximum atomic E-state index is 6.16. The lowest BCUT2D eigenvalue weighted by atomic mass is 9.97. The van der Waals surface area contributed by atoms with Crippen LogP contribution in [0.1, 0.15) is 38.1 Å². The van der Waals surface area contributed by atoms with Gasteiger partial charge >= 0.3 is 0 Å². The number of hydrogen-bond donors (Lipinski definition) is 1. The Balaban J connectivity index is 1.83. The average Bonchev–Trinajstić information content (AvgIpc) is 2.87. The van der Waals surface area contributed by atoms with Crippen molar-refractivity contribution in [3.63, 3.8) is 0 Å². The molecule has 0 bridgehead atoms. The Morgan fingerprint density at radius 3 is 2.76 bits per heavy atom. The summed E-state index contributed by atoms with van der Waals surface area (Å²) in [6.07, 6.45) is 0.920. The summed E-state index contributed by atoms with van der Waals surface area (Å²) in [7, 11) is 0. The van der Waals surface area contributed by atoms with E-state index in [4.69, 9.17) is 10.2 Å². The highest BCUT2D eigenvalue weighted by molar-refractivity contribution is 5.56. The summed E-state index contributed by atoms with van der Waals surface area (Å²) in [4.78, 5) is 2.23. The molecule has 2 aromatic rings. The molecule has 2 heterocycles. The van der Waals surface area contributed by atoms with Crippen LogP contribution in [0.15, 0.2) is 28.7 Å². The van der Waals surface area contributed by atoms with Gasteiger partial charge in [-0.05, 0) is 18.1 Å². The molecule has 2 N–H and O–H groups in total. The first-order valence-electron chi connectivity index (χ1n) is 7.35. The highest BCUT2D eigenvalue weighted by Gasteiger charge is 2.25. The third kappa shape index (κ3) is 2.93. The first kappa shape index (κ1) is 14.1. The van der Waals surface area contributed by atoms with Crippen LogP contribution in [-0.4, -0.2) is 22.8 Å². The van der Waals surface area contributed by atoms with Crippen LogP contribution < -0.4 is 10.6 Å². The fourth-order valence-corrected chi connectivity index (χ4v) is 2.65. The third-order valence-corrected chi connectivity index (χ3v) is 3.70. The van der Waals surface area contributed by atoms with E-state index >= 15 is 0 Å². The van der Waals surface area contributed by atoms with Crippen molar-refractivity contribution in [2.24, 2.45) is 5.73 Å². The highest BCUT2D eigenvalue weighted by Crippen LogP contribution is 2.28. The summed E-state index contributed by atoms with van der Waals surface area (Å²) < 4.78 is 5.80. The van der Waals surface area contributed by atoms with Gasteiger partial charge in [0.25, 0.3) is 0 Å². The monoisotopic (exact) mass is 286 g/mol. The van der Waals surface area contributed by atoms with E-state index < -0.39 is 0 Å². The Labute approximate surface area is 125 Å². The van der Waals surface area contributed by atoms with E-state index in [0.29, 0.717) is 18.3 Å². The molecule has 5 heteroatoms. The van der Waals surface area contributed by atoms with Gasteiger partial charge in [-0.25, -0.2) is 0 Å². The lowest BCUT2D eigenvalue weighted by Gasteiger charge is -2.33. The number of benzene rings is 1. The van der Waals surface area contributed by atoms with Crippen molar-refractivity contribution in [2.75, 3.05) is 11.4 Å². The standard InChI is InChI=1S/C16H22N4O/c1-16(2,3)15-19-18-14(21-15)10-20-9-12(17)8-11-6-4-5-7-13(11)20/h4-7,12H,8-10,17H2,1-3H3. The molecule has 21 heavy (non-hydrogen) atoms. The maximum absolute atomic E-state index is 6.16. The minimum atomic E-state index is -0.124. The van der Waals surface area contributed by atoms with Crippen LogP contribution in [0.2, 0.25) is 0 Å². The number of nitrogens with two attached hydrogens (primary N) is 1. The Bertz CT molecular complexity index is 629. The van der Waals surface area contributed by atoms with Crippen molar-refractivity contribution in [2.45, 2.75) is 45.2 Å². The molecule has 1 aliphatic heterocycles. The molecule has 3 rings (SSSR count). The fourth-order valence-electron chi connectivity index (χ4n) is 2.65. The first-order valence-corrected chi connectivity index (χ1v) is 7.35. The summed E-state index contributed by atoms with van der Waals surface area (Å²) in [5, 5.41) is 8.33. The van der Waals surface area contributed by atoms with Crippen LogP contribution in [0, 0.1) is 0 Å². The van der Waals surface area contributed by atoms with Crippen LogP contribution in [-0.2, 0) is 18.4 Å². The van der Waals surface area contributed by atoms with Gasteiger partial charge in [0.1, 0.15) is 0 Å². The first-order chi connectivity index (χ1) is 9.93. The SMILES string of the molecule is CC(C)(C)c1nnc(CN2CC(N)Cc3ccccc32)o1. The van der Waals surface area contributed by atoms with Crippen molar-refractivity contribution >= 4 is 5.69 Å². The molecule has 1 unspecified atom stereocenters. The zero-order chi connectivity index (χ0) is 15.0. The zero-order valence-electron chi connectivity index (χ0n) is 12.8. The molecule has 112 valence electrons. The van der Waals surface area contributed by atoms with Gasteiger partial charge in [0.15, 0.2) is 0 Å². The van der Waals surface area contributed by atoms with E-state index in [2.05, 4.69) is 60.1 Å². The van der Waals surface area contributed by atoms with E-state index in [1.54, 1.807) is 0 Å². The van der Waals surface area contributed by atoms with E-state index in [1.165, 1.54) is 11.3 Å². The maximum Gasteiger partial charge on any atom is 0.235 e. The Kier molecular flexibility index (Phi) is 3.45. The Morgan fingerprint density at radius 1 is 1.29 bits per heavy atom. The Morgan fingerprint density at radius 2 is 2.05 bits per heavy atom. The number of para-hydroxylation sites is 1. The molecule has 0 spiro atoms. The zero-order valence-corrected chi connectivity index (χ0v) is 12.8. The van der Waals surface area contributed by atoms with Crippen LogP contribution in [0.3, 0.4) is 0 Å². The summed E-state index contributed by atoms with van der Waals surface area (Å²) >= 11 is 0. The number of rotatable bonds is 2. The lowest BCUT2D eigenvalue weighted by Crippen LogP contribution is -2.42. The molecule has 1 aromatic heterocycles. The molecule has 0 radical (unpaired) electrons. The molecule has 0 fully saturated rings. The minimum absolute atomic E-state index is 0.124. The molecular formula is C16H22N4O. The van der Waals surface area contributed by atoms with E-state index in [1.807, 2.05) is 0 Å². The van der Waals surface area contributed by atoms with Gasteiger partial charge in [0.05, 0.1) is 6.54 Å². The molecule has 0 saturated carbocycles. The summed E-state index contributed by atoms with van der Waals surface area (Å²) in [5.41, 5.74) is 8.54. The van der Waals surface area contributed by atoms with Gasteiger partial charge in [-0.15, -0.1) is 10.2 Å². The van der Waals surface area contributed by atoms with E-state index in [9.17, 15) is 0 Å². The molecule has 1 aromatic carbocycles. The highest BCUT2D eigenvalue weighted by atomic mass is 16.4. The molecule has 0 saturated heterocycles. The largest absolute Gasteiger partial charge is 0.423 e. The van der Waals surface area contributed by atoms with Gasteiger partial charge < -0.3 is 15.1 Å². The van der Waals surface area contributed by atoms with Crippen LogP contribution in [0.25, 0.3) is 0 Å². The normalized spacial score (nSPS) is 18.7. The smallest absolute Gasteiger partial charge is 0.235 e. The van der Waals surface area contributed by atoms with Crippen molar-refractivity contribution in [3.05, 3.63) is 41.6 Å². The van der Waals surface area contributed by atoms with Gasteiger partial charge in [-0.2, -0.15) is 0 Å². The second-order valence-electron chi connectivity index (χ2n) is 6.72. The predicted octanol–water partition coefficient (Wildman–Crippen LogP) is 2.26. The van der Waals surface area contributed by atoms with Gasteiger partial charge in [0, 0.05) is 23.7 Å². The van der Waals surface area contributed by atoms with Gasteiger partial charge in [-0.1, -0.05) is 39.0 Å². The third-order valence-electron chi connectivity index (χ3n) is 3.70. The number of hydrogen-bond acceptors (Lipinski definition) is 5. The van der Waals surface area contributed by atoms with Crippen LogP contribution >= 0.6 is 0 Å². The summed E-state index contributed by atoms with van der Waals surface area (Å²) in [6, 6.07) is 8.51. The van der Waals surface area contributed by atoms with Crippen molar-refractivity contribution in [3.8, 4) is 0 Å². The van der Waals surface area contributed by atoms with Gasteiger partial charge in [0.2, 0.25) is 11.8 Å². The average molecular weight is 286 g/mol. The van der Waals surface area contributed by atoms with Crippen LogP contribution in [0.5, 0.6) is 0 Å². The molecule has 0 aliphatic carbocycles. The lowest BCUT2D eigenvalue weighted by molar-refractivity contribution is 0.368. The quantitative estimate of drug-likeness (QED) is 0.917. The molecule has 1 atom stereocenters. The van der Waals surface area contributed by atoms with Crippen molar-refractivity contribution in [1.82, 2.24) is 10.2 Å². The second-order valence-corrected chi connectivity index (χ2v) is 6.72. The fraction of sp³-hybridized carbons (Fsp3) is 0.500. The molecule has 5 nitrogen and oxygen atoms in total. The Hall–Kier alpha value is -1.88. The summed E-state index contributed by atoms with van der Waals surface area (Å²) in [5.74, 6) is 1.32. The number of nitrogens with zero attached hydrogens (tertiary/aromatic N) is 3. The molecular weight excluding hydrogens is 264 g/mol. The summed E-state index contributed by atoms with van der Waals surface area (Å²) in [6.45, 7) is 7.61. The number of fused-ring (bicyclic) bond motifs is 1. The number of aromatic nitrogens is 2. The van der Waals surface area contributed by atoms with Crippen molar-refractivity contribution < 1.29 is 4.42 Å². The predicted molar refractivity (Wildman–Crippen MR) is 82.2 cm³/mol. The molecule has 1 aliphatic rings. The van der Waals surface area contributed by atoms with E-state index in [0.717, 1.165) is 13.0 Å². The molecule has 0 amide bonds.